The summed E-state index contributed by atoms with van der Waals surface area (Å²) in [6.07, 6.45) is 0. The van der Waals surface area contributed by atoms with Crippen molar-refractivity contribution in [2.24, 2.45) is 0 Å². The molecule has 0 aromatic heterocycles. The van der Waals surface area contributed by atoms with Crippen LogP contribution < -0.4 is 11.1 Å². The summed E-state index contributed by atoms with van der Waals surface area (Å²) in [5, 5.41) is 2.91. The van der Waals surface area contributed by atoms with Crippen LogP contribution in [0.1, 0.15) is 0 Å². The summed E-state index contributed by atoms with van der Waals surface area (Å²) in [6.45, 7) is 0. The third-order valence-electron chi connectivity index (χ3n) is 2.24. The summed E-state index contributed by atoms with van der Waals surface area (Å²) < 4.78 is 27.2. The molecule has 0 amide bonds. The van der Waals surface area contributed by atoms with Gasteiger partial charge in [0.2, 0.25) is 0 Å². The number of nitrogens with one attached hydrogen (secondary N) is 1. The lowest BCUT2D eigenvalue weighted by Crippen LogP contribution is -2.01. The van der Waals surface area contributed by atoms with Gasteiger partial charge in [-0.1, -0.05) is 12.1 Å². The fourth-order valence-corrected chi connectivity index (χ4v) is 1.92. The van der Waals surface area contributed by atoms with Crippen LogP contribution in [0.15, 0.2) is 36.4 Å². The maximum Gasteiger partial charge on any atom is 0.151 e. The van der Waals surface area contributed by atoms with Crippen LogP contribution in [0.4, 0.5) is 25.8 Å². The largest absolute Gasteiger partial charge is 0.395 e. The maximum atomic E-state index is 13.2. The van der Waals surface area contributed by atoms with Crippen LogP contribution in [-0.4, -0.2) is 0 Å². The molecule has 0 aliphatic rings. The lowest BCUT2D eigenvalue weighted by molar-refractivity contribution is 0.587. The molecule has 0 saturated heterocycles. The number of nitrogen functional groups attached to an aromatic ring is 1. The smallest absolute Gasteiger partial charge is 0.151 e. The molecule has 5 heteroatoms. The maximum absolute atomic E-state index is 13.2. The van der Waals surface area contributed by atoms with Crippen molar-refractivity contribution >= 4 is 39.7 Å². The van der Waals surface area contributed by atoms with Gasteiger partial charge in [0.1, 0.15) is 5.82 Å². The second kappa shape index (κ2) is 4.87. The quantitative estimate of drug-likeness (QED) is 0.640. The Morgan fingerprint density at radius 2 is 1.76 bits per heavy atom. The molecule has 0 aliphatic carbocycles. The molecule has 0 bridgehead atoms. The molecule has 0 radical (unpaired) electrons. The Hall–Kier alpha value is -1.37. The van der Waals surface area contributed by atoms with Crippen molar-refractivity contribution in [3.63, 3.8) is 0 Å². The lowest BCUT2D eigenvalue weighted by atomic mass is 10.2. The third-order valence-corrected chi connectivity index (χ3v) is 3.18. The molecule has 0 unspecified atom stereocenters. The van der Waals surface area contributed by atoms with Crippen molar-refractivity contribution in [1.82, 2.24) is 0 Å². The highest BCUT2D eigenvalue weighted by Crippen LogP contribution is 2.28. The van der Waals surface area contributed by atoms with Gasteiger partial charge in [0.05, 0.1) is 17.1 Å². The summed E-state index contributed by atoms with van der Waals surface area (Å²) in [6, 6.07) is 9.33. The van der Waals surface area contributed by atoms with Gasteiger partial charge in [0.25, 0.3) is 0 Å². The highest BCUT2D eigenvalue weighted by Gasteiger charge is 2.09. The van der Waals surface area contributed by atoms with Gasteiger partial charge in [-0.15, -0.1) is 0 Å². The van der Waals surface area contributed by atoms with E-state index in [1.54, 1.807) is 0 Å². The summed E-state index contributed by atoms with van der Waals surface area (Å²) in [5.74, 6) is -1.43. The van der Waals surface area contributed by atoms with Crippen LogP contribution in [0, 0.1) is 15.2 Å². The number of hydrogen-bond acceptors (Lipinski definition) is 2. The van der Waals surface area contributed by atoms with Crippen LogP contribution in [-0.2, 0) is 0 Å². The van der Waals surface area contributed by atoms with Crippen molar-refractivity contribution in [1.29, 1.82) is 0 Å². The molecule has 0 saturated carbocycles. The summed E-state index contributed by atoms with van der Waals surface area (Å²) in [4.78, 5) is 0. The van der Waals surface area contributed by atoms with E-state index in [2.05, 4.69) is 27.9 Å². The number of anilines is 3. The molecule has 2 aromatic carbocycles. The number of hydrogen-bond donors (Lipinski definition) is 2. The van der Waals surface area contributed by atoms with Gasteiger partial charge in [-0.25, -0.2) is 8.78 Å². The van der Waals surface area contributed by atoms with E-state index in [4.69, 9.17) is 5.73 Å². The van der Waals surface area contributed by atoms with E-state index >= 15 is 0 Å². The first kappa shape index (κ1) is 12.1. The summed E-state index contributed by atoms with van der Waals surface area (Å²) >= 11 is 2.13. The molecular weight excluding hydrogens is 337 g/mol. The summed E-state index contributed by atoms with van der Waals surface area (Å²) in [5.41, 5.74) is 6.43. The minimum atomic E-state index is -0.765. The van der Waals surface area contributed by atoms with Crippen molar-refractivity contribution < 1.29 is 8.78 Å². The third kappa shape index (κ3) is 2.66. The molecule has 0 atom stereocenters. The normalized spacial score (nSPS) is 10.3. The van der Waals surface area contributed by atoms with Gasteiger partial charge in [0.15, 0.2) is 5.82 Å². The molecule has 0 spiro atoms. The molecule has 0 heterocycles. The van der Waals surface area contributed by atoms with E-state index in [1.807, 2.05) is 24.3 Å². The van der Waals surface area contributed by atoms with Crippen LogP contribution in [0.25, 0.3) is 0 Å². The zero-order chi connectivity index (χ0) is 12.4. The van der Waals surface area contributed by atoms with Crippen LogP contribution in [0.3, 0.4) is 0 Å². The minimum absolute atomic E-state index is 0.0916. The standard InChI is InChI=1S/C12H9F2IN2/c13-7-5-8(14)12(16)11(6-7)17-10-4-2-1-3-9(10)15/h1-6,17H,16H2. The Morgan fingerprint density at radius 1 is 1.06 bits per heavy atom. The Balaban J connectivity index is 2.40. The van der Waals surface area contributed by atoms with Crippen molar-refractivity contribution in [3.8, 4) is 0 Å². The van der Waals surface area contributed by atoms with Crippen molar-refractivity contribution in [2.75, 3.05) is 11.1 Å². The van der Waals surface area contributed by atoms with Gasteiger partial charge in [0, 0.05) is 9.64 Å². The molecule has 2 rings (SSSR count). The monoisotopic (exact) mass is 346 g/mol. The van der Waals surface area contributed by atoms with Gasteiger partial charge in [-0.3, -0.25) is 0 Å². The van der Waals surface area contributed by atoms with E-state index < -0.39 is 11.6 Å². The molecule has 2 nitrogen and oxygen atoms in total. The van der Waals surface area contributed by atoms with Gasteiger partial charge in [-0.2, -0.15) is 0 Å². The van der Waals surface area contributed by atoms with Crippen LogP contribution in [0.2, 0.25) is 0 Å². The lowest BCUT2D eigenvalue weighted by Gasteiger charge is -2.11. The highest BCUT2D eigenvalue weighted by molar-refractivity contribution is 14.1. The number of rotatable bonds is 2. The Labute approximate surface area is 111 Å². The van der Waals surface area contributed by atoms with E-state index in [0.717, 1.165) is 15.3 Å². The summed E-state index contributed by atoms with van der Waals surface area (Å²) in [7, 11) is 0. The number of nitrogens with two attached hydrogens (primary N) is 1. The molecular formula is C12H9F2IN2. The molecule has 2 aromatic rings. The number of benzene rings is 2. The van der Waals surface area contributed by atoms with Crippen LogP contribution in [0.5, 0.6) is 0 Å². The minimum Gasteiger partial charge on any atom is -0.395 e. The fourth-order valence-electron chi connectivity index (χ4n) is 1.40. The first-order valence-electron chi connectivity index (χ1n) is 4.84. The second-order valence-electron chi connectivity index (χ2n) is 3.45. The number of para-hydroxylation sites is 1. The van der Waals surface area contributed by atoms with Crippen molar-refractivity contribution in [2.45, 2.75) is 0 Å². The molecule has 0 fully saturated rings. The van der Waals surface area contributed by atoms with E-state index in [-0.39, 0.29) is 11.4 Å². The molecule has 88 valence electrons. The topological polar surface area (TPSA) is 38.0 Å². The zero-order valence-corrected chi connectivity index (χ0v) is 10.8. The SMILES string of the molecule is Nc1c(F)cc(F)cc1Nc1ccccc1I. The highest BCUT2D eigenvalue weighted by atomic mass is 127. The van der Waals surface area contributed by atoms with E-state index in [1.165, 1.54) is 6.07 Å². The van der Waals surface area contributed by atoms with E-state index in [0.29, 0.717) is 0 Å². The molecule has 17 heavy (non-hydrogen) atoms. The predicted octanol–water partition coefficient (Wildman–Crippen LogP) is 3.90. The second-order valence-corrected chi connectivity index (χ2v) is 4.62. The molecule has 3 N–H and O–H groups in total. The van der Waals surface area contributed by atoms with Gasteiger partial charge in [-0.05, 0) is 40.8 Å². The average Bonchev–Trinajstić information content (AvgIpc) is 2.28. The van der Waals surface area contributed by atoms with E-state index in [9.17, 15) is 8.78 Å². The van der Waals surface area contributed by atoms with Crippen LogP contribution >= 0.6 is 22.6 Å². The van der Waals surface area contributed by atoms with Gasteiger partial charge >= 0.3 is 0 Å². The molecule has 0 aliphatic heterocycles. The van der Waals surface area contributed by atoms with Gasteiger partial charge < -0.3 is 11.1 Å². The number of halogens is 3. The fraction of sp³-hybridized carbons (Fsp3) is 0. The van der Waals surface area contributed by atoms with Crippen molar-refractivity contribution in [3.05, 3.63) is 51.6 Å². The predicted molar refractivity (Wildman–Crippen MR) is 73.2 cm³/mol. The Morgan fingerprint density at radius 3 is 2.47 bits per heavy atom. The average molecular weight is 346 g/mol. The Kier molecular flexibility index (Phi) is 3.46. The first-order valence-corrected chi connectivity index (χ1v) is 5.92. The zero-order valence-electron chi connectivity index (χ0n) is 8.68. The first-order chi connectivity index (χ1) is 8.08. The Bertz CT molecular complexity index is 558.